The van der Waals surface area contributed by atoms with Gasteiger partial charge in [0, 0.05) is 29.2 Å². The molecular weight excluding hydrogens is 256 g/mol. The van der Waals surface area contributed by atoms with Crippen LogP contribution in [0.5, 0.6) is 0 Å². The third-order valence-corrected chi connectivity index (χ3v) is 3.01. The first kappa shape index (κ1) is 12.0. The second-order valence-corrected chi connectivity index (χ2v) is 4.30. The average molecular weight is 268 g/mol. The molecule has 6 heteroatoms. The molecule has 20 heavy (non-hydrogen) atoms. The zero-order valence-electron chi connectivity index (χ0n) is 10.4. The first-order valence-corrected chi connectivity index (χ1v) is 5.97. The maximum Gasteiger partial charge on any atom is 0.410 e. The van der Waals surface area contributed by atoms with E-state index in [1.807, 2.05) is 47.2 Å². The van der Waals surface area contributed by atoms with Crippen LogP contribution in [0.25, 0.3) is 16.6 Å². The minimum atomic E-state index is -1.13. The number of amides is 1. The molecule has 0 aliphatic carbocycles. The summed E-state index contributed by atoms with van der Waals surface area (Å²) < 4.78 is 1.95. The molecule has 100 valence electrons. The minimum Gasteiger partial charge on any atom is -0.465 e. The molecule has 3 rings (SSSR count). The van der Waals surface area contributed by atoms with Crippen LogP contribution in [-0.4, -0.2) is 20.8 Å². The van der Waals surface area contributed by atoms with Crippen LogP contribution < -0.4 is 11.1 Å². The highest BCUT2D eigenvalue weighted by Gasteiger charge is 2.09. The fourth-order valence-corrected chi connectivity index (χ4v) is 2.13. The number of nitrogens with two attached hydrogens (primary N) is 1. The third kappa shape index (κ3) is 2.03. The SMILES string of the molecule is Nc1ccc(-n2ccc3c(NC(=O)O)nccc32)cc1. The number of nitrogen functional groups attached to an aromatic ring is 1. The molecule has 0 atom stereocenters. The number of anilines is 2. The van der Waals surface area contributed by atoms with Gasteiger partial charge in [-0.05, 0) is 36.4 Å². The van der Waals surface area contributed by atoms with Gasteiger partial charge in [-0.2, -0.15) is 0 Å². The van der Waals surface area contributed by atoms with E-state index in [1.54, 1.807) is 6.20 Å². The highest BCUT2D eigenvalue weighted by molar-refractivity contribution is 5.97. The Labute approximate surface area is 114 Å². The highest BCUT2D eigenvalue weighted by Crippen LogP contribution is 2.25. The maximum atomic E-state index is 10.8. The number of nitrogens with one attached hydrogen (secondary N) is 1. The average Bonchev–Trinajstić information content (AvgIpc) is 2.84. The van der Waals surface area contributed by atoms with Crippen molar-refractivity contribution in [3.63, 3.8) is 0 Å². The van der Waals surface area contributed by atoms with E-state index in [-0.39, 0.29) is 0 Å². The van der Waals surface area contributed by atoms with Gasteiger partial charge in [0.25, 0.3) is 0 Å². The van der Waals surface area contributed by atoms with Gasteiger partial charge in [-0.1, -0.05) is 0 Å². The van der Waals surface area contributed by atoms with Gasteiger partial charge in [0.15, 0.2) is 0 Å². The normalized spacial score (nSPS) is 10.6. The molecule has 0 fully saturated rings. The molecule has 3 aromatic rings. The summed E-state index contributed by atoms with van der Waals surface area (Å²) in [5.41, 5.74) is 8.19. The number of hydrogen-bond acceptors (Lipinski definition) is 3. The molecule has 1 amide bonds. The van der Waals surface area contributed by atoms with E-state index in [2.05, 4.69) is 10.3 Å². The van der Waals surface area contributed by atoms with E-state index in [9.17, 15) is 4.79 Å². The summed E-state index contributed by atoms with van der Waals surface area (Å²) in [5, 5.41) is 11.8. The Morgan fingerprint density at radius 1 is 1.20 bits per heavy atom. The molecule has 0 saturated heterocycles. The zero-order valence-corrected chi connectivity index (χ0v) is 10.4. The third-order valence-electron chi connectivity index (χ3n) is 3.01. The van der Waals surface area contributed by atoms with Gasteiger partial charge in [-0.25, -0.2) is 9.78 Å². The minimum absolute atomic E-state index is 0.323. The van der Waals surface area contributed by atoms with Crippen molar-refractivity contribution in [1.82, 2.24) is 9.55 Å². The largest absolute Gasteiger partial charge is 0.465 e. The summed E-state index contributed by atoms with van der Waals surface area (Å²) in [5.74, 6) is 0.323. The van der Waals surface area contributed by atoms with Crippen LogP contribution in [-0.2, 0) is 0 Å². The van der Waals surface area contributed by atoms with Gasteiger partial charge in [-0.3, -0.25) is 5.32 Å². The second kappa shape index (κ2) is 4.58. The van der Waals surface area contributed by atoms with E-state index in [0.717, 1.165) is 16.6 Å². The Hall–Kier alpha value is -3.02. The monoisotopic (exact) mass is 268 g/mol. The molecule has 1 aromatic carbocycles. The lowest BCUT2D eigenvalue weighted by Gasteiger charge is -2.07. The molecule has 0 spiro atoms. The number of pyridine rings is 1. The molecule has 2 heterocycles. The number of carboxylic acid groups (broad SMARTS) is 1. The molecule has 0 aliphatic heterocycles. The van der Waals surface area contributed by atoms with E-state index in [1.165, 1.54) is 0 Å². The first-order chi connectivity index (χ1) is 9.65. The van der Waals surface area contributed by atoms with Crippen molar-refractivity contribution in [2.45, 2.75) is 0 Å². The Morgan fingerprint density at radius 2 is 1.95 bits per heavy atom. The zero-order chi connectivity index (χ0) is 14.1. The smallest absolute Gasteiger partial charge is 0.410 e. The molecule has 0 bridgehead atoms. The Morgan fingerprint density at radius 3 is 2.65 bits per heavy atom. The molecule has 0 unspecified atom stereocenters. The van der Waals surface area contributed by atoms with Gasteiger partial charge in [0.1, 0.15) is 5.82 Å². The number of fused-ring (bicyclic) bond motifs is 1. The molecule has 4 N–H and O–H groups in total. The molecule has 2 aromatic heterocycles. The van der Waals surface area contributed by atoms with Crippen molar-refractivity contribution < 1.29 is 9.90 Å². The van der Waals surface area contributed by atoms with Gasteiger partial charge < -0.3 is 15.4 Å². The van der Waals surface area contributed by atoms with E-state index >= 15 is 0 Å². The number of benzene rings is 1. The number of hydrogen-bond donors (Lipinski definition) is 3. The van der Waals surface area contributed by atoms with E-state index < -0.39 is 6.09 Å². The first-order valence-electron chi connectivity index (χ1n) is 5.97. The van der Waals surface area contributed by atoms with Crippen molar-refractivity contribution in [3.8, 4) is 5.69 Å². The Bertz CT molecular complexity index is 777. The molecule has 6 nitrogen and oxygen atoms in total. The summed E-state index contributed by atoms with van der Waals surface area (Å²) in [6.45, 7) is 0. The van der Waals surface area contributed by atoms with E-state index in [4.69, 9.17) is 10.8 Å². The summed E-state index contributed by atoms with van der Waals surface area (Å²) in [6.07, 6.45) is 2.30. The quantitative estimate of drug-likeness (QED) is 0.623. The molecular formula is C14H12N4O2. The lowest BCUT2D eigenvalue weighted by atomic mass is 10.2. The summed E-state index contributed by atoms with van der Waals surface area (Å²) >= 11 is 0. The predicted octanol–water partition coefficient (Wildman–Crippen LogP) is 2.70. The van der Waals surface area contributed by atoms with E-state index in [0.29, 0.717) is 11.5 Å². The number of rotatable bonds is 2. The number of nitrogens with zero attached hydrogens (tertiary/aromatic N) is 2. The van der Waals surface area contributed by atoms with Crippen molar-refractivity contribution in [2.75, 3.05) is 11.1 Å². The standard InChI is InChI=1S/C14H12N4O2/c15-9-1-3-10(4-2-9)18-8-6-11-12(18)5-7-16-13(11)17-14(19)20/h1-8H,15H2,(H,16,17)(H,19,20). The molecule has 0 aliphatic rings. The number of aromatic nitrogens is 2. The maximum absolute atomic E-state index is 10.8. The van der Waals surface area contributed by atoms with Crippen molar-refractivity contribution in [2.24, 2.45) is 0 Å². The topological polar surface area (TPSA) is 93.2 Å². The van der Waals surface area contributed by atoms with Crippen molar-refractivity contribution in [1.29, 1.82) is 0 Å². The lowest BCUT2D eigenvalue weighted by Crippen LogP contribution is -2.08. The van der Waals surface area contributed by atoms with Crippen LogP contribution in [0.2, 0.25) is 0 Å². The summed E-state index contributed by atoms with van der Waals surface area (Å²) in [6, 6.07) is 11.1. The Balaban J connectivity index is 2.14. The van der Waals surface area contributed by atoms with Gasteiger partial charge in [-0.15, -0.1) is 0 Å². The molecule has 0 radical (unpaired) electrons. The number of carbonyl (C=O) groups is 1. The summed E-state index contributed by atoms with van der Waals surface area (Å²) in [4.78, 5) is 14.8. The fraction of sp³-hybridized carbons (Fsp3) is 0. The van der Waals surface area contributed by atoms with Crippen LogP contribution in [0, 0.1) is 0 Å². The lowest BCUT2D eigenvalue weighted by molar-refractivity contribution is 0.209. The summed E-state index contributed by atoms with van der Waals surface area (Å²) in [7, 11) is 0. The second-order valence-electron chi connectivity index (χ2n) is 4.30. The van der Waals surface area contributed by atoms with Crippen LogP contribution >= 0.6 is 0 Å². The fourth-order valence-electron chi connectivity index (χ4n) is 2.13. The van der Waals surface area contributed by atoms with Crippen molar-refractivity contribution >= 4 is 28.5 Å². The highest BCUT2D eigenvalue weighted by atomic mass is 16.4. The van der Waals surface area contributed by atoms with Crippen LogP contribution in [0.4, 0.5) is 16.3 Å². The van der Waals surface area contributed by atoms with Crippen molar-refractivity contribution in [3.05, 3.63) is 48.8 Å². The predicted molar refractivity (Wildman–Crippen MR) is 77.1 cm³/mol. The van der Waals surface area contributed by atoms with Gasteiger partial charge >= 0.3 is 6.09 Å². The van der Waals surface area contributed by atoms with Gasteiger partial charge in [0.2, 0.25) is 0 Å². The van der Waals surface area contributed by atoms with Crippen LogP contribution in [0.15, 0.2) is 48.8 Å². The molecule has 0 saturated carbocycles. The Kier molecular flexibility index (Phi) is 2.76. The van der Waals surface area contributed by atoms with Crippen LogP contribution in [0.1, 0.15) is 0 Å². The van der Waals surface area contributed by atoms with Crippen LogP contribution in [0.3, 0.4) is 0 Å². The van der Waals surface area contributed by atoms with Gasteiger partial charge in [0.05, 0.1) is 5.52 Å².